The van der Waals surface area contributed by atoms with Crippen molar-refractivity contribution in [2.24, 2.45) is 0 Å². The molecule has 0 saturated heterocycles. The van der Waals surface area contributed by atoms with Gasteiger partial charge in [-0.15, -0.1) is 0 Å². The maximum Gasteiger partial charge on any atom is 0.339 e. The molecule has 0 N–H and O–H groups in total. The number of nitriles is 1. The lowest BCUT2D eigenvalue weighted by atomic mass is 10.2. The third kappa shape index (κ3) is 3.15. The molecule has 1 heterocycles. The van der Waals surface area contributed by atoms with E-state index < -0.39 is 17.3 Å². The average molecular weight is 286 g/mol. The van der Waals surface area contributed by atoms with Gasteiger partial charge in [0.15, 0.2) is 0 Å². The molecule has 2 aromatic rings. The van der Waals surface area contributed by atoms with Crippen LogP contribution in [-0.4, -0.2) is 17.6 Å². The van der Waals surface area contributed by atoms with E-state index in [9.17, 15) is 14.0 Å². The van der Waals surface area contributed by atoms with Crippen LogP contribution in [0.25, 0.3) is 0 Å². The van der Waals surface area contributed by atoms with Crippen molar-refractivity contribution in [3.8, 4) is 6.07 Å². The molecule has 5 nitrogen and oxygen atoms in total. The summed E-state index contributed by atoms with van der Waals surface area (Å²) < 4.78 is 18.9. The first kappa shape index (κ1) is 14.5. The highest BCUT2D eigenvalue weighted by Gasteiger charge is 2.12. The van der Waals surface area contributed by atoms with Gasteiger partial charge < -0.3 is 9.30 Å². The summed E-state index contributed by atoms with van der Waals surface area (Å²) in [7, 11) is 1.20. The Labute approximate surface area is 119 Å². The van der Waals surface area contributed by atoms with Crippen LogP contribution in [0.15, 0.2) is 41.3 Å². The Morgan fingerprint density at radius 2 is 2.19 bits per heavy atom. The number of carbonyl (C=O) groups is 1. The van der Waals surface area contributed by atoms with E-state index in [4.69, 9.17) is 5.26 Å². The van der Waals surface area contributed by atoms with Gasteiger partial charge in [-0.05, 0) is 23.8 Å². The van der Waals surface area contributed by atoms with Gasteiger partial charge in [0.2, 0.25) is 0 Å². The first-order valence-electron chi connectivity index (χ1n) is 6.02. The Bertz CT molecular complexity index is 790. The van der Waals surface area contributed by atoms with Crippen molar-refractivity contribution < 1.29 is 13.9 Å². The molecule has 0 fully saturated rings. The molecule has 0 aliphatic rings. The summed E-state index contributed by atoms with van der Waals surface area (Å²) in [6.45, 7) is 0.0517. The normalized spacial score (nSPS) is 9.95. The molecule has 0 bridgehead atoms. The van der Waals surface area contributed by atoms with Gasteiger partial charge >= 0.3 is 5.97 Å². The summed E-state index contributed by atoms with van der Waals surface area (Å²) in [6.07, 6.45) is 1.29. The van der Waals surface area contributed by atoms with E-state index in [2.05, 4.69) is 4.74 Å². The van der Waals surface area contributed by atoms with Crippen molar-refractivity contribution in [1.29, 1.82) is 5.26 Å². The number of ether oxygens (including phenoxy) is 1. The van der Waals surface area contributed by atoms with Gasteiger partial charge in [-0.3, -0.25) is 4.79 Å². The zero-order valence-electron chi connectivity index (χ0n) is 11.2. The van der Waals surface area contributed by atoms with E-state index in [-0.39, 0.29) is 17.7 Å². The molecule has 0 aliphatic carbocycles. The number of halogens is 1. The number of aromatic nitrogens is 1. The number of pyridine rings is 1. The summed E-state index contributed by atoms with van der Waals surface area (Å²) in [6, 6.07) is 8.65. The summed E-state index contributed by atoms with van der Waals surface area (Å²) in [5.74, 6) is -1.08. The Kier molecular flexibility index (Phi) is 4.14. The smallest absolute Gasteiger partial charge is 0.339 e. The number of methoxy groups -OCH3 is 1. The summed E-state index contributed by atoms with van der Waals surface area (Å²) in [5, 5.41) is 8.96. The molecular formula is C15H11FN2O3. The monoisotopic (exact) mass is 286 g/mol. The molecule has 2 rings (SSSR count). The molecule has 106 valence electrons. The van der Waals surface area contributed by atoms with Gasteiger partial charge in [-0.25, -0.2) is 9.18 Å². The lowest BCUT2D eigenvalue weighted by Gasteiger charge is -2.09. The van der Waals surface area contributed by atoms with Crippen molar-refractivity contribution in [3.05, 3.63) is 69.4 Å². The van der Waals surface area contributed by atoms with Gasteiger partial charge in [-0.2, -0.15) is 5.26 Å². The number of benzene rings is 1. The van der Waals surface area contributed by atoms with E-state index in [0.29, 0.717) is 5.56 Å². The molecule has 21 heavy (non-hydrogen) atoms. The van der Waals surface area contributed by atoms with Crippen LogP contribution >= 0.6 is 0 Å². The number of rotatable bonds is 3. The second-order valence-corrected chi connectivity index (χ2v) is 4.31. The van der Waals surface area contributed by atoms with Crippen LogP contribution < -0.4 is 5.56 Å². The molecule has 0 amide bonds. The summed E-state index contributed by atoms with van der Waals surface area (Å²) in [5.41, 5.74) is -0.0863. The molecule has 1 aromatic carbocycles. The maximum absolute atomic E-state index is 13.2. The van der Waals surface area contributed by atoms with Crippen LogP contribution in [0.5, 0.6) is 0 Å². The van der Waals surface area contributed by atoms with E-state index in [1.54, 1.807) is 12.1 Å². The fourth-order valence-electron chi connectivity index (χ4n) is 1.89. The standard InChI is InChI=1S/C15H11FN2O3/c1-21-15(20)12-6-11(7-17)14(19)18(9-12)8-10-3-2-4-13(16)5-10/h2-6,9H,8H2,1H3. The first-order chi connectivity index (χ1) is 10.0. The lowest BCUT2D eigenvalue weighted by Crippen LogP contribution is -2.24. The predicted molar refractivity (Wildman–Crippen MR) is 72.3 cm³/mol. The Hall–Kier alpha value is -2.94. The number of nitrogens with zero attached hydrogens (tertiary/aromatic N) is 2. The number of hydrogen-bond acceptors (Lipinski definition) is 4. The highest BCUT2D eigenvalue weighted by molar-refractivity contribution is 5.89. The van der Waals surface area contributed by atoms with Gasteiger partial charge in [0.25, 0.3) is 5.56 Å². The molecule has 0 atom stereocenters. The van der Waals surface area contributed by atoms with E-state index in [0.717, 1.165) is 0 Å². The number of esters is 1. The van der Waals surface area contributed by atoms with E-state index >= 15 is 0 Å². The van der Waals surface area contributed by atoms with Crippen LogP contribution in [0.3, 0.4) is 0 Å². The van der Waals surface area contributed by atoms with Gasteiger partial charge in [0, 0.05) is 6.20 Å². The van der Waals surface area contributed by atoms with E-state index in [1.165, 1.54) is 42.1 Å². The van der Waals surface area contributed by atoms with Gasteiger partial charge in [0.05, 0.1) is 19.2 Å². The van der Waals surface area contributed by atoms with Crippen molar-refractivity contribution >= 4 is 5.97 Å². The fourth-order valence-corrected chi connectivity index (χ4v) is 1.89. The molecule has 1 aromatic heterocycles. The molecule has 0 saturated carbocycles. The van der Waals surface area contributed by atoms with Crippen molar-refractivity contribution in [2.45, 2.75) is 6.54 Å². The number of hydrogen-bond donors (Lipinski definition) is 0. The zero-order valence-corrected chi connectivity index (χ0v) is 11.2. The SMILES string of the molecule is COC(=O)c1cc(C#N)c(=O)n(Cc2cccc(F)c2)c1. The van der Waals surface area contributed by atoms with Crippen LogP contribution in [0, 0.1) is 17.1 Å². The zero-order chi connectivity index (χ0) is 15.4. The summed E-state index contributed by atoms with van der Waals surface area (Å²) >= 11 is 0. The van der Waals surface area contributed by atoms with Crippen molar-refractivity contribution in [2.75, 3.05) is 7.11 Å². The highest BCUT2D eigenvalue weighted by atomic mass is 19.1. The third-order valence-electron chi connectivity index (χ3n) is 2.87. The molecular weight excluding hydrogens is 275 g/mol. The lowest BCUT2D eigenvalue weighted by molar-refractivity contribution is 0.0599. The fraction of sp³-hybridized carbons (Fsp3) is 0.133. The van der Waals surface area contributed by atoms with Gasteiger partial charge in [-0.1, -0.05) is 12.1 Å². The Morgan fingerprint density at radius 1 is 1.43 bits per heavy atom. The minimum atomic E-state index is -0.653. The highest BCUT2D eigenvalue weighted by Crippen LogP contribution is 2.07. The Morgan fingerprint density at radius 3 is 2.81 bits per heavy atom. The largest absolute Gasteiger partial charge is 0.465 e. The molecule has 0 spiro atoms. The second-order valence-electron chi connectivity index (χ2n) is 4.31. The molecule has 0 radical (unpaired) electrons. The Balaban J connectivity index is 2.50. The topological polar surface area (TPSA) is 72.1 Å². The van der Waals surface area contributed by atoms with Crippen LogP contribution in [0.1, 0.15) is 21.5 Å². The minimum Gasteiger partial charge on any atom is -0.465 e. The number of carbonyl (C=O) groups excluding carboxylic acids is 1. The first-order valence-corrected chi connectivity index (χ1v) is 6.02. The summed E-state index contributed by atoms with van der Waals surface area (Å²) in [4.78, 5) is 23.6. The predicted octanol–water partition coefficient (Wildman–Crippen LogP) is 1.69. The van der Waals surface area contributed by atoms with Crippen LogP contribution in [0.4, 0.5) is 4.39 Å². The quantitative estimate of drug-likeness (QED) is 0.805. The van der Waals surface area contributed by atoms with Crippen molar-refractivity contribution in [3.63, 3.8) is 0 Å². The van der Waals surface area contributed by atoms with Crippen molar-refractivity contribution in [1.82, 2.24) is 4.57 Å². The maximum atomic E-state index is 13.2. The molecule has 0 unspecified atom stereocenters. The van der Waals surface area contributed by atoms with Crippen LogP contribution in [-0.2, 0) is 11.3 Å². The molecule has 0 aliphatic heterocycles. The molecule has 6 heteroatoms. The second kappa shape index (κ2) is 6.01. The minimum absolute atomic E-state index is 0.0517. The van der Waals surface area contributed by atoms with Crippen LogP contribution in [0.2, 0.25) is 0 Å². The third-order valence-corrected chi connectivity index (χ3v) is 2.87. The van der Waals surface area contributed by atoms with Gasteiger partial charge in [0.1, 0.15) is 17.4 Å². The average Bonchev–Trinajstić information content (AvgIpc) is 2.48. The van der Waals surface area contributed by atoms with E-state index in [1.807, 2.05) is 0 Å².